The number of ether oxygens (including phenoxy) is 1. The smallest absolute Gasteiger partial charge is 0.264 e. The van der Waals surface area contributed by atoms with E-state index in [1.54, 1.807) is 12.1 Å². The molecule has 1 heterocycles. The molecule has 3 rings (SSSR count). The van der Waals surface area contributed by atoms with E-state index in [-0.39, 0.29) is 12.6 Å². The van der Waals surface area contributed by atoms with Crippen LogP contribution in [0.25, 0.3) is 0 Å². The topological polar surface area (TPSA) is 74.2 Å². The summed E-state index contributed by atoms with van der Waals surface area (Å²) in [5.74, 6) is 2.43. The maximum Gasteiger partial charge on any atom is 0.264 e. The monoisotopic (exact) mass is 293 g/mol. The van der Waals surface area contributed by atoms with Gasteiger partial charge in [-0.3, -0.25) is 0 Å². The van der Waals surface area contributed by atoms with Crippen LogP contribution in [0.15, 0.2) is 22.7 Å². The summed E-state index contributed by atoms with van der Waals surface area (Å²) in [7, 11) is 0. The molecular weight excluding hydrogens is 278 g/mol. The molecule has 5 nitrogen and oxygen atoms in total. The highest BCUT2D eigenvalue weighted by atomic mass is 35.5. The van der Waals surface area contributed by atoms with E-state index in [0.29, 0.717) is 22.6 Å². The van der Waals surface area contributed by atoms with Crippen LogP contribution in [0.3, 0.4) is 0 Å². The molecule has 1 fully saturated rings. The van der Waals surface area contributed by atoms with Crippen molar-refractivity contribution in [2.24, 2.45) is 5.73 Å². The Bertz CT molecular complexity index is 608. The van der Waals surface area contributed by atoms with Crippen LogP contribution in [0.1, 0.15) is 49.0 Å². The predicted molar refractivity (Wildman–Crippen MR) is 74.7 cm³/mol. The van der Waals surface area contributed by atoms with Gasteiger partial charge >= 0.3 is 0 Å². The summed E-state index contributed by atoms with van der Waals surface area (Å²) >= 11 is 5.97. The lowest BCUT2D eigenvalue weighted by molar-refractivity contribution is 0.240. The maximum atomic E-state index is 5.97. The minimum atomic E-state index is -0.159. The van der Waals surface area contributed by atoms with Crippen LogP contribution >= 0.6 is 11.6 Å². The number of aromatic nitrogens is 2. The zero-order valence-corrected chi connectivity index (χ0v) is 11.9. The quantitative estimate of drug-likeness (QED) is 0.916. The molecule has 106 valence electrons. The lowest BCUT2D eigenvalue weighted by Gasteiger charge is -2.13. The van der Waals surface area contributed by atoms with Gasteiger partial charge in [0, 0.05) is 22.5 Å². The largest absolute Gasteiger partial charge is 0.483 e. The van der Waals surface area contributed by atoms with Crippen LogP contribution in [-0.4, -0.2) is 10.1 Å². The fraction of sp³-hybridized carbons (Fsp3) is 0.429. The van der Waals surface area contributed by atoms with Gasteiger partial charge in [0.25, 0.3) is 5.89 Å². The Morgan fingerprint density at radius 1 is 1.50 bits per heavy atom. The normalized spacial score (nSPS) is 16.1. The molecule has 0 amide bonds. The highest BCUT2D eigenvalue weighted by Gasteiger charge is 2.28. The zero-order chi connectivity index (χ0) is 14.1. The first-order chi connectivity index (χ1) is 9.63. The highest BCUT2D eigenvalue weighted by molar-refractivity contribution is 6.30. The maximum absolute atomic E-state index is 5.97. The Morgan fingerprint density at radius 3 is 3.00 bits per heavy atom. The van der Waals surface area contributed by atoms with Gasteiger partial charge in [-0.2, -0.15) is 4.98 Å². The second kappa shape index (κ2) is 5.42. The summed E-state index contributed by atoms with van der Waals surface area (Å²) in [6.07, 6.45) is 2.29. The van der Waals surface area contributed by atoms with Crippen molar-refractivity contribution in [3.63, 3.8) is 0 Å². The van der Waals surface area contributed by atoms with Gasteiger partial charge < -0.3 is 15.0 Å². The molecule has 0 spiro atoms. The zero-order valence-electron chi connectivity index (χ0n) is 11.2. The summed E-state index contributed by atoms with van der Waals surface area (Å²) in [5.41, 5.74) is 6.78. The van der Waals surface area contributed by atoms with Gasteiger partial charge in [-0.05, 0) is 38.0 Å². The molecule has 1 aliphatic rings. The number of hydrogen-bond acceptors (Lipinski definition) is 5. The molecule has 1 atom stereocenters. The molecule has 1 aromatic carbocycles. The van der Waals surface area contributed by atoms with Crippen molar-refractivity contribution in [1.82, 2.24) is 10.1 Å². The lowest BCUT2D eigenvalue weighted by Crippen LogP contribution is -2.08. The Hall–Kier alpha value is -1.59. The van der Waals surface area contributed by atoms with Gasteiger partial charge in [0.05, 0.1) is 0 Å². The van der Waals surface area contributed by atoms with Crippen molar-refractivity contribution < 1.29 is 9.26 Å². The van der Waals surface area contributed by atoms with E-state index in [4.69, 9.17) is 26.6 Å². The van der Waals surface area contributed by atoms with Crippen LogP contribution in [0.2, 0.25) is 5.02 Å². The van der Waals surface area contributed by atoms with Crippen molar-refractivity contribution in [1.29, 1.82) is 0 Å². The van der Waals surface area contributed by atoms with E-state index >= 15 is 0 Å². The third kappa shape index (κ3) is 2.94. The average molecular weight is 294 g/mol. The third-order valence-electron chi connectivity index (χ3n) is 3.24. The first kappa shape index (κ1) is 13.4. The van der Waals surface area contributed by atoms with Crippen LogP contribution in [0.4, 0.5) is 0 Å². The highest BCUT2D eigenvalue weighted by Crippen LogP contribution is 2.38. The van der Waals surface area contributed by atoms with E-state index < -0.39 is 0 Å². The molecule has 1 saturated carbocycles. The minimum Gasteiger partial charge on any atom is -0.483 e. The number of nitrogens with zero attached hydrogens (tertiary/aromatic N) is 2. The van der Waals surface area contributed by atoms with E-state index in [1.165, 1.54) is 0 Å². The standard InChI is InChI=1S/C14H16ClN3O2/c1-8(16)11-6-10(15)4-5-12(11)19-7-13-17-14(18-20-13)9-2-3-9/h4-6,8-9H,2-3,7,16H2,1H3/t8-/m0/s1. The number of hydrogen-bond donors (Lipinski definition) is 1. The summed E-state index contributed by atoms with van der Waals surface area (Å²) in [4.78, 5) is 4.32. The lowest BCUT2D eigenvalue weighted by atomic mass is 10.1. The average Bonchev–Trinajstić information content (AvgIpc) is 3.17. The Kier molecular flexibility index (Phi) is 3.63. The number of nitrogens with two attached hydrogens (primary N) is 1. The summed E-state index contributed by atoms with van der Waals surface area (Å²) in [6.45, 7) is 2.12. The molecule has 20 heavy (non-hydrogen) atoms. The first-order valence-corrected chi connectivity index (χ1v) is 7.01. The van der Waals surface area contributed by atoms with Gasteiger partial charge in [-0.15, -0.1) is 0 Å². The van der Waals surface area contributed by atoms with Crippen molar-refractivity contribution in [2.45, 2.75) is 38.3 Å². The Balaban J connectivity index is 1.70. The molecule has 2 N–H and O–H groups in total. The minimum absolute atomic E-state index is 0.159. The fourth-order valence-electron chi connectivity index (χ4n) is 1.98. The Labute approximate surface area is 122 Å². The molecule has 6 heteroatoms. The van der Waals surface area contributed by atoms with Crippen molar-refractivity contribution in [2.75, 3.05) is 0 Å². The summed E-state index contributed by atoms with van der Waals surface area (Å²) < 4.78 is 10.9. The first-order valence-electron chi connectivity index (χ1n) is 6.64. The van der Waals surface area contributed by atoms with E-state index in [1.807, 2.05) is 13.0 Å². The molecule has 1 aromatic heterocycles. The van der Waals surface area contributed by atoms with Crippen LogP contribution < -0.4 is 10.5 Å². The predicted octanol–water partition coefficient (Wildman–Crippen LogP) is 3.20. The van der Waals surface area contributed by atoms with Crippen LogP contribution in [0.5, 0.6) is 5.75 Å². The molecular formula is C14H16ClN3O2. The summed E-state index contributed by atoms with van der Waals surface area (Å²) in [5, 5.41) is 4.59. The third-order valence-corrected chi connectivity index (χ3v) is 3.47. The molecule has 0 bridgehead atoms. The summed E-state index contributed by atoms with van der Waals surface area (Å²) in [6, 6.07) is 5.23. The van der Waals surface area contributed by atoms with Crippen molar-refractivity contribution >= 4 is 11.6 Å². The van der Waals surface area contributed by atoms with E-state index in [0.717, 1.165) is 24.2 Å². The van der Waals surface area contributed by atoms with Gasteiger partial charge in [0.15, 0.2) is 12.4 Å². The molecule has 0 aliphatic heterocycles. The van der Waals surface area contributed by atoms with Crippen molar-refractivity contribution in [3.05, 3.63) is 40.5 Å². The fourth-order valence-corrected chi connectivity index (χ4v) is 2.16. The van der Waals surface area contributed by atoms with Gasteiger partial charge in [0.1, 0.15) is 5.75 Å². The molecule has 0 saturated heterocycles. The van der Waals surface area contributed by atoms with E-state index in [9.17, 15) is 0 Å². The molecule has 0 unspecified atom stereocenters. The van der Waals surface area contributed by atoms with Crippen molar-refractivity contribution in [3.8, 4) is 5.75 Å². The Morgan fingerprint density at radius 2 is 2.30 bits per heavy atom. The van der Waals surface area contributed by atoms with Gasteiger partial charge in [-0.25, -0.2) is 0 Å². The van der Waals surface area contributed by atoms with Crippen LogP contribution in [-0.2, 0) is 6.61 Å². The SMILES string of the molecule is C[C@H](N)c1cc(Cl)ccc1OCc1nc(C2CC2)no1. The van der Waals surface area contributed by atoms with Gasteiger partial charge in [-0.1, -0.05) is 16.8 Å². The number of rotatable bonds is 5. The number of halogens is 1. The molecule has 0 radical (unpaired) electrons. The second-order valence-electron chi connectivity index (χ2n) is 5.08. The van der Waals surface area contributed by atoms with Gasteiger partial charge in [0.2, 0.25) is 0 Å². The molecule has 2 aromatic rings. The second-order valence-corrected chi connectivity index (χ2v) is 5.52. The molecule has 1 aliphatic carbocycles. The number of benzene rings is 1. The van der Waals surface area contributed by atoms with Crippen LogP contribution in [0, 0.1) is 0 Å². The van der Waals surface area contributed by atoms with E-state index in [2.05, 4.69) is 10.1 Å².